The molecular weight excluding hydrogens is 348 g/mol. The number of rotatable bonds is 4. The molecule has 0 bridgehead atoms. The average molecular weight is 361 g/mol. The highest BCUT2D eigenvalue weighted by Gasteiger charge is 2.16. The van der Waals surface area contributed by atoms with Gasteiger partial charge in [0, 0.05) is 10.5 Å². The Bertz CT molecular complexity index is 619. The Kier molecular flexibility index (Phi) is 5.13. The summed E-state index contributed by atoms with van der Waals surface area (Å²) in [5.74, 6) is -0.739. The first kappa shape index (κ1) is 15.4. The molecule has 1 unspecified atom stereocenters. The third kappa shape index (κ3) is 3.37. The molecule has 106 valence electrons. The van der Waals surface area contributed by atoms with E-state index in [1.54, 1.807) is 25.2 Å². The van der Waals surface area contributed by atoms with Gasteiger partial charge in [0.15, 0.2) is 0 Å². The van der Waals surface area contributed by atoms with Crippen molar-refractivity contribution in [2.75, 3.05) is 7.05 Å². The number of halogens is 4. The Balaban J connectivity index is 2.31. The third-order valence-electron chi connectivity index (χ3n) is 3.14. The maximum Gasteiger partial charge on any atom is 0.142 e. The van der Waals surface area contributed by atoms with Crippen LogP contribution in [0.15, 0.2) is 40.9 Å². The Morgan fingerprint density at radius 2 is 2.00 bits per heavy atom. The van der Waals surface area contributed by atoms with Crippen molar-refractivity contribution in [1.82, 2.24) is 5.32 Å². The van der Waals surface area contributed by atoms with E-state index in [1.165, 1.54) is 18.2 Å². The fraction of sp³-hybridized carbons (Fsp3) is 0.200. The van der Waals surface area contributed by atoms with Crippen LogP contribution in [-0.2, 0) is 6.42 Å². The molecule has 20 heavy (non-hydrogen) atoms. The van der Waals surface area contributed by atoms with Crippen molar-refractivity contribution in [3.05, 3.63) is 68.7 Å². The van der Waals surface area contributed by atoms with Gasteiger partial charge in [0.2, 0.25) is 0 Å². The summed E-state index contributed by atoms with van der Waals surface area (Å²) >= 11 is 9.32. The van der Waals surface area contributed by atoms with Gasteiger partial charge in [-0.15, -0.1) is 0 Å². The van der Waals surface area contributed by atoms with Gasteiger partial charge < -0.3 is 5.32 Å². The molecule has 0 aliphatic rings. The van der Waals surface area contributed by atoms with Crippen molar-refractivity contribution in [2.24, 2.45) is 0 Å². The van der Waals surface area contributed by atoms with Gasteiger partial charge in [0.1, 0.15) is 11.6 Å². The second-order valence-corrected chi connectivity index (χ2v) is 5.66. The summed E-state index contributed by atoms with van der Waals surface area (Å²) in [6.45, 7) is 0. The Hall–Kier alpha value is -0.970. The smallest absolute Gasteiger partial charge is 0.142 e. The Morgan fingerprint density at radius 1 is 1.25 bits per heavy atom. The minimum absolute atomic E-state index is 0.0933. The van der Waals surface area contributed by atoms with E-state index in [0.29, 0.717) is 16.5 Å². The van der Waals surface area contributed by atoms with E-state index < -0.39 is 5.82 Å². The summed E-state index contributed by atoms with van der Waals surface area (Å²) in [5, 5.41) is 3.27. The maximum atomic E-state index is 13.5. The second-order valence-electron chi connectivity index (χ2n) is 4.42. The van der Waals surface area contributed by atoms with Crippen LogP contribution in [0.2, 0.25) is 5.02 Å². The molecule has 0 heterocycles. The van der Waals surface area contributed by atoms with E-state index in [1.807, 2.05) is 0 Å². The molecule has 0 aliphatic heterocycles. The predicted octanol–water partition coefficient (Wildman–Crippen LogP) is 4.88. The lowest BCUT2D eigenvalue weighted by atomic mass is 9.99. The molecule has 2 aromatic carbocycles. The Morgan fingerprint density at radius 3 is 2.65 bits per heavy atom. The molecule has 5 heteroatoms. The third-order valence-corrected chi connectivity index (χ3v) is 4.25. The van der Waals surface area contributed by atoms with Crippen molar-refractivity contribution in [3.63, 3.8) is 0 Å². The molecule has 2 rings (SSSR count). The number of hydrogen-bond acceptors (Lipinski definition) is 1. The Labute approximate surface area is 130 Å². The molecule has 0 radical (unpaired) electrons. The molecule has 0 spiro atoms. The highest BCUT2D eigenvalue weighted by molar-refractivity contribution is 9.10. The fourth-order valence-electron chi connectivity index (χ4n) is 2.08. The maximum absolute atomic E-state index is 13.5. The van der Waals surface area contributed by atoms with E-state index in [0.717, 1.165) is 5.56 Å². The summed E-state index contributed by atoms with van der Waals surface area (Å²) in [6, 6.07) is 9.16. The van der Waals surface area contributed by atoms with Crippen LogP contribution < -0.4 is 5.32 Å². The van der Waals surface area contributed by atoms with Gasteiger partial charge in [-0.3, -0.25) is 0 Å². The van der Waals surface area contributed by atoms with Crippen LogP contribution in [0.4, 0.5) is 8.78 Å². The van der Waals surface area contributed by atoms with Gasteiger partial charge in [-0.05, 0) is 42.8 Å². The molecule has 0 saturated carbocycles. The molecule has 0 amide bonds. The van der Waals surface area contributed by atoms with Gasteiger partial charge >= 0.3 is 0 Å². The lowest BCUT2D eigenvalue weighted by Gasteiger charge is -2.19. The predicted molar refractivity (Wildman–Crippen MR) is 81.0 cm³/mol. The molecule has 1 atom stereocenters. The standard InChI is InChI=1S/C15H13BrClF2N/c1-20-14(11-6-5-10(18)8-12(11)16)7-9-3-2-4-13(19)15(9)17/h2-6,8,14,20H,7H2,1H3. The summed E-state index contributed by atoms with van der Waals surface area (Å²) in [4.78, 5) is 0. The molecule has 0 aromatic heterocycles. The molecule has 0 saturated heterocycles. The summed E-state index contributed by atoms with van der Waals surface area (Å²) in [6.07, 6.45) is 0.511. The van der Waals surface area contributed by atoms with E-state index in [-0.39, 0.29) is 16.9 Å². The van der Waals surface area contributed by atoms with Crippen LogP contribution >= 0.6 is 27.5 Å². The lowest BCUT2D eigenvalue weighted by molar-refractivity contribution is 0.577. The zero-order chi connectivity index (χ0) is 14.7. The van der Waals surface area contributed by atoms with Crippen LogP contribution in [0.5, 0.6) is 0 Å². The number of likely N-dealkylation sites (N-methyl/N-ethyl adjacent to an activating group) is 1. The number of benzene rings is 2. The highest BCUT2D eigenvalue weighted by Crippen LogP contribution is 2.29. The number of hydrogen-bond donors (Lipinski definition) is 1. The van der Waals surface area contributed by atoms with E-state index in [2.05, 4.69) is 21.2 Å². The van der Waals surface area contributed by atoms with E-state index >= 15 is 0 Å². The molecule has 0 aliphatic carbocycles. The van der Waals surface area contributed by atoms with Crippen molar-refractivity contribution >= 4 is 27.5 Å². The first-order chi connectivity index (χ1) is 9.52. The molecule has 1 nitrogen and oxygen atoms in total. The SMILES string of the molecule is CNC(Cc1cccc(F)c1Cl)c1ccc(F)cc1Br. The van der Waals surface area contributed by atoms with Crippen molar-refractivity contribution in [3.8, 4) is 0 Å². The van der Waals surface area contributed by atoms with Gasteiger partial charge in [-0.1, -0.05) is 45.7 Å². The van der Waals surface area contributed by atoms with E-state index in [4.69, 9.17) is 11.6 Å². The first-order valence-corrected chi connectivity index (χ1v) is 7.25. The molecule has 0 fully saturated rings. The highest BCUT2D eigenvalue weighted by atomic mass is 79.9. The first-order valence-electron chi connectivity index (χ1n) is 6.08. The van der Waals surface area contributed by atoms with Crippen LogP contribution in [0.3, 0.4) is 0 Å². The quantitative estimate of drug-likeness (QED) is 0.819. The number of nitrogens with one attached hydrogen (secondary N) is 1. The zero-order valence-electron chi connectivity index (χ0n) is 10.8. The minimum atomic E-state index is -0.433. The minimum Gasteiger partial charge on any atom is -0.313 e. The second kappa shape index (κ2) is 6.66. The fourth-order valence-corrected chi connectivity index (χ4v) is 2.91. The van der Waals surface area contributed by atoms with Gasteiger partial charge in [0.25, 0.3) is 0 Å². The average Bonchev–Trinajstić information content (AvgIpc) is 2.41. The van der Waals surface area contributed by atoms with Crippen molar-refractivity contribution < 1.29 is 8.78 Å². The normalized spacial score (nSPS) is 12.4. The largest absolute Gasteiger partial charge is 0.313 e. The summed E-state index contributed by atoms with van der Waals surface area (Å²) < 4.78 is 27.3. The summed E-state index contributed by atoms with van der Waals surface area (Å²) in [5.41, 5.74) is 1.61. The van der Waals surface area contributed by atoms with Crippen LogP contribution in [0, 0.1) is 11.6 Å². The molecular formula is C15H13BrClF2N. The van der Waals surface area contributed by atoms with Gasteiger partial charge in [0.05, 0.1) is 5.02 Å². The zero-order valence-corrected chi connectivity index (χ0v) is 13.1. The van der Waals surface area contributed by atoms with Crippen LogP contribution in [0.25, 0.3) is 0 Å². The van der Waals surface area contributed by atoms with Crippen molar-refractivity contribution in [1.29, 1.82) is 0 Å². The van der Waals surface area contributed by atoms with Crippen molar-refractivity contribution in [2.45, 2.75) is 12.5 Å². The van der Waals surface area contributed by atoms with E-state index in [9.17, 15) is 8.78 Å². The summed E-state index contributed by atoms with van der Waals surface area (Å²) in [7, 11) is 1.80. The van der Waals surface area contributed by atoms with Gasteiger partial charge in [-0.25, -0.2) is 8.78 Å². The monoisotopic (exact) mass is 359 g/mol. The lowest BCUT2D eigenvalue weighted by Crippen LogP contribution is -2.19. The van der Waals surface area contributed by atoms with Gasteiger partial charge in [-0.2, -0.15) is 0 Å². The molecule has 2 aromatic rings. The van der Waals surface area contributed by atoms with Crippen LogP contribution in [0.1, 0.15) is 17.2 Å². The van der Waals surface area contributed by atoms with Crippen LogP contribution in [-0.4, -0.2) is 7.05 Å². The topological polar surface area (TPSA) is 12.0 Å². The molecule has 1 N–H and O–H groups in total.